The maximum atomic E-state index is 9.84. The Labute approximate surface area is 117 Å². The topological polar surface area (TPSA) is 42.9 Å². The maximum absolute atomic E-state index is 9.84. The van der Waals surface area contributed by atoms with Gasteiger partial charge in [0, 0.05) is 25.0 Å². The van der Waals surface area contributed by atoms with Crippen molar-refractivity contribution >= 4 is 6.29 Å². The van der Waals surface area contributed by atoms with Crippen LogP contribution in [0.15, 0.2) is 18.6 Å². The van der Waals surface area contributed by atoms with E-state index < -0.39 is 0 Å². The molecule has 19 heavy (non-hydrogen) atoms. The lowest BCUT2D eigenvalue weighted by Crippen LogP contribution is -1.96. The van der Waals surface area contributed by atoms with Crippen molar-refractivity contribution in [3.05, 3.63) is 24.3 Å². The summed E-state index contributed by atoms with van der Waals surface area (Å²) in [6.07, 6.45) is 14.2. The van der Waals surface area contributed by atoms with Crippen LogP contribution < -0.4 is 0 Å². The zero-order valence-corrected chi connectivity index (χ0v) is 12.6. The Morgan fingerprint density at radius 2 is 1.89 bits per heavy atom. The highest BCUT2D eigenvalue weighted by Crippen LogP contribution is 2.03. The molecule has 0 atom stereocenters. The average Bonchev–Trinajstić information content (AvgIpc) is 2.40. The standard InChI is InChI=1S/C8H12N2.C8H16O/c1-7(2)5-8-6-9-3-4-10-8;1-2-3-4-5-6-7-8-9/h3-4,6-7H,5H2,1-2H3;8H,2-7H2,1H3. The summed E-state index contributed by atoms with van der Waals surface area (Å²) in [6.45, 7) is 6.54. The lowest BCUT2D eigenvalue weighted by Gasteiger charge is -2.00. The maximum Gasteiger partial charge on any atom is 0.119 e. The van der Waals surface area contributed by atoms with E-state index in [9.17, 15) is 4.79 Å². The first kappa shape index (κ1) is 17.8. The van der Waals surface area contributed by atoms with Crippen LogP contribution in [0.5, 0.6) is 0 Å². The first-order chi connectivity index (χ1) is 9.20. The number of nitrogens with zero attached hydrogens (tertiary/aromatic N) is 2. The second-order valence-electron chi connectivity index (χ2n) is 5.16. The van der Waals surface area contributed by atoms with E-state index in [4.69, 9.17) is 0 Å². The van der Waals surface area contributed by atoms with Crippen LogP contribution in [-0.2, 0) is 11.2 Å². The number of unbranched alkanes of at least 4 members (excludes halogenated alkanes) is 5. The van der Waals surface area contributed by atoms with Gasteiger partial charge < -0.3 is 4.79 Å². The molecule has 0 aliphatic heterocycles. The molecule has 0 aliphatic rings. The second kappa shape index (κ2) is 13.2. The number of aldehydes is 1. The molecule has 108 valence electrons. The van der Waals surface area contributed by atoms with Gasteiger partial charge in [-0.3, -0.25) is 9.97 Å². The van der Waals surface area contributed by atoms with Crippen LogP contribution in [0.2, 0.25) is 0 Å². The number of hydrogen-bond acceptors (Lipinski definition) is 3. The fraction of sp³-hybridized carbons (Fsp3) is 0.688. The number of carbonyl (C=O) groups excluding carboxylic acids is 1. The number of hydrogen-bond donors (Lipinski definition) is 0. The highest BCUT2D eigenvalue weighted by atomic mass is 16.1. The Kier molecular flexibility index (Phi) is 12.3. The number of aromatic nitrogens is 2. The molecule has 0 unspecified atom stereocenters. The Morgan fingerprint density at radius 1 is 1.16 bits per heavy atom. The van der Waals surface area contributed by atoms with Crippen LogP contribution in [0.1, 0.15) is 65.0 Å². The molecule has 0 aliphatic carbocycles. The highest BCUT2D eigenvalue weighted by molar-refractivity contribution is 5.48. The van der Waals surface area contributed by atoms with Crippen LogP contribution in [0.25, 0.3) is 0 Å². The average molecular weight is 264 g/mol. The van der Waals surface area contributed by atoms with Gasteiger partial charge in [-0.15, -0.1) is 0 Å². The molecule has 1 heterocycles. The molecule has 1 aromatic rings. The fourth-order valence-electron chi connectivity index (χ4n) is 1.68. The van der Waals surface area contributed by atoms with Crippen molar-refractivity contribution in [1.82, 2.24) is 9.97 Å². The highest BCUT2D eigenvalue weighted by Gasteiger charge is 1.96. The lowest BCUT2D eigenvalue weighted by molar-refractivity contribution is -0.107. The van der Waals surface area contributed by atoms with E-state index in [2.05, 4.69) is 30.7 Å². The van der Waals surface area contributed by atoms with Gasteiger partial charge in [0.2, 0.25) is 0 Å². The van der Waals surface area contributed by atoms with E-state index in [1.807, 2.05) is 6.20 Å². The second-order valence-corrected chi connectivity index (χ2v) is 5.16. The molecule has 3 heteroatoms. The van der Waals surface area contributed by atoms with Gasteiger partial charge in [-0.25, -0.2) is 0 Å². The van der Waals surface area contributed by atoms with Gasteiger partial charge >= 0.3 is 0 Å². The summed E-state index contributed by atoms with van der Waals surface area (Å²) in [7, 11) is 0. The van der Waals surface area contributed by atoms with Gasteiger partial charge in [-0.2, -0.15) is 0 Å². The normalized spacial score (nSPS) is 9.89. The van der Waals surface area contributed by atoms with E-state index in [0.29, 0.717) is 5.92 Å². The zero-order chi connectivity index (χ0) is 14.3. The molecule has 0 N–H and O–H groups in total. The van der Waals surface area contributed by atoms with E-state index in [1.165, 1.54) is 25.7 Å². The predicted octanol–water partition coefficient (Wildman–Crippen LogP) is 4.22. The molecule has 0 radical (unpaired) electrons. The summed E-state index contributed by atoms with van der Waals surface area (Å²) in [5.74, 6) is 0.664. The van der Waals surface area contributed by atoms with Crippen molar-refractivity contribution in [2.75, 3.05) is 0 Å². The molecule has 0 amide bonds. The smallest absolute Gasteiger partial charge is 0.119 e. The third kappa shape index (κ3) is 13.0. The van der Waals surface area contributed by atoms with Crippen molar-refractivity contribution in [1.29, 1.82) is 0 Å². The van der Waals surface area contributed by atoms with Gasteiger partial charge in [0.05, 0.1) is 5.69 Å². The summed E-state index contributed by atoms with van der Waals surface area (Å²) >= 11 is 0. The molecule has 0 fully saturated rings. The van der Waals surface area contributed by atoms with Crippen molar-refractivity contribution in [3.8, 4) is 0 Å². The zero-order valence-electron chi connectivity index (χ0n) is 12.6. The van der Waals surface area contributed by atoms with Crippen molar-refractivity contribution in [2.45, 2.75) is 65.7 Å². The minimum absolute atomic E-state index is 0.664. The Balaban J connectivity index is 0.000000344. The van der Waals surface area contributed by atoms with Crippen molar-refractivity contribution < 1.29 is 4.79 Å². The SMILES string of the molecule is CC(C)Cc1cnccn1.CCCCCCCC=O. The Bertz CT molecular complexity index is 299. The van der Waals surface area contributed by atoms with Gasteiger partial charge in [0.25, 0.3) is 0 Å². The fourth-order valence-corrected chi connectivity index (χ4v) is 1.68. The first-order valence-electron chi connectivity index (χ1n) is 7.39. The lowest BCUT2D eigenvalue weighted by atomic mass is 10.1. The predicted molar refractivity (Wildman–Crippen MR) is 80.0 cm³/mol. The Hall–Kier alpha value is -1.25. The molecule has 0 spiro atoms. The van der Waals surface area contributed by atoms with E-state index in [0.717, 1.165) is 31.2 Å². The molecule has 0 aromatic carbocycles. The first-order valence-corrected chi connectivity index (χ1v) is 7.39. The van der Waals surface area contributed by atoms with Crippen molar-refractivity contribution in [2.24, 2.45) is 5.92 Å². The quantitative estimate of drug-likeness (QED) is 0.521. The molecular formula is C16H28N2O. The largest absolute Gasteiger partial charge is 0.303 e. The van der Waals surface area contributed by atoms with Crippen LogP contribution in [0, 0.1) is 5.92 Å². The molecule has 0 saturated carbocycles. The van der Waals surface area contributed by atoms with Gasteiger partial charge in [0.15, 0.2) is 0 Å². The summed E-state index contributed by atoms with van der Waals surface area (Å²) in [5.41, 5.74) is 1.08. The number of rotatable bonds is 8. The molecule has 1 rings (SSSR count). The van der Waals surface area contributed by atoms with Crippen LogP contribution in [0.3, 0.4) is 0 Å². The summed E-state index contributed by atoms with van der Waals surface area (Å²) < 4.78 is 0. The van der Waals surface area contributed by atoms with Crippen LogP contribution in [0.4, 0.5) is 0 Å². The minimum atomic E-state index is 0.664. The van der Waals surface area contributed by atoms with E-state index in [1.54, 1.807) is 12.4 Å². The van der Waals surface area contributed by atoms with Crippen molar-refractivity contribution in [3.63, 3.8) is 0 Å². The Morgan fingerprint density at radius 3 is 2.42 bits per heavy atom. The molecule has 0 bridgehead atoms. The summed E-state index contributed by atoms with van der Waals surface area (Å²) in [6, 6.07) is 0. The molecule has 0 saturated heterocycles. The summed E-state index contributed by atoms with van der Waals surface area (Å²) in [5, 5.41) is 0. The van der Waals surface area contributed by atoms with Crippen LogP contribution in [-0.4, -0.2) is 16.3 Å². The third-order valence-corrected chi connectivity index (χ3v) is 2.66. The third-order valence-electron chi connectivity index (χ3n) is 2.66. The van der Waals surface area contributed by atoms with E-state index in [-0.39, 0.29) is 0 Å². The molecule has 1 aromatic heterocycles. The van der Waals surface area contributed by atoms with Crippen LogP contribution >= 0.6 is 0 Å². The number of carbonyl (C=O) groups is 1. The van der Waals surface area contributed by atoms with E-state index >= 15 is 0 Å². The van der Waals surface area contributed by atoms with Gasteiger partial charge in [-0.05, 0) is 18.8 Å². The summed E-state index contributed by atoms with van der Waals surface area (Å²) in [4.78, 5) is 18.0. The van der Waals surface area contributed by atoms with Gasteiger partial charge in [-0.1, -0.05) is 46.5 Å². The minimum Gasteiger partial charge on any atom is -0.303 e. The molecule has 3 nitrogen and oxygen atoms in total. The monoisotopic (exact) mass is 264 g/mol. The molecular weight excluding hydrogens is 236 g/mol. The van der Waals surface area contributed by atoms with Gasteiger partial charge in [0.1, 0.15) is 6.29 Å².